The largest absolute Gasteiger partial charge is 0.369 e. The lowest BCUT2D eigenvalue weighted by Gasteiger charge is -2.37. The van der Waals surface area contributed by atoms with Crippen molar-refractivity contribution in [3.63, 3.8) is 0 Å². The average Bonchev–Trinajstić information content (AvgIpc) is 3.05. The number of nitrogens with one attached hydrogen (secondary N) is 1. The van der Waals surface area contributed by atoms with E-state index in [4.69, 9.17) is 5.73 Å². The summed E-state index contributed by atoms with van der Waals surface area (Å²) in [5.41, 5.74) is 4.90. The van der Waals surface area contributed by atoms with Gasteiger partial charge in [-0.2, -0.15) is 0 Å². The molecule has 126 valence electrons. The van der Waals surface area contributed by atoms with E-state index < -0.39 is 5.41 Å². The number of amides is 2. The third kappa shape index (κ3) is 3.82. The normalized spacial score (nSPS) is 23.4. The van der Waals surface area contributed by atoms with Crippen molar-refractivity contribution < 1.29 is 9.59 Å². The molecule has 22 heavy (non-hydrogen) atoms. The van der Waals surface area contributed by atoms with Crippen molar-refractivity contribution in [2.45, 2.75) is 84.1 Å². The van der Waals surface area contributed by atoms with Crippen LogP contribution < -0.4 is 11.1 Å². The van der Waals surface area contributed by atoms with Gasteiger partial charge in [0.25, 0.3) is 0 Å². The van der Waals surface area contributed by atoms with Gasteiger partial charge in [-0.25, -0.2) is 0 Å². The van der Waals surface area contributed by atoms with Crippen LogP contribution in [0.3, 0.4) is 0 Å². The smallest absolute Gasteiger partial charge is 0.224 e. The Morgan fingerprint density at radius 1 is 1.14 bits per heavy atom. The standard InChI is InChI=1S/C18H32N2O2/c1-17(2,3)20-15(21)14(12-13-8-4-5-9-13)18(16(19)22)10-6-7-11-18/h13-14H,4-12H2,1-3H3,(H2,19,22)(H,20,21). The molecule has 0 aromatic rings. The molecule has 1 atom stereocenters. The molecule has 2 aliphatic rings. The summed E-state index contributed by atoms with van der Waals surface area (Å²) in [6.07, 6.45) is 9.27. The number of carbonyl (C=O) groups excluding carboxylic acids is 2. The SMILES string of the molecule is CC(C)(C)NC(=O)C(CC1CCCC1)C1(C(N)=O)CCCC1. The second-order valence-corrected chi connectivity index (χ2v) is 8.41. The van der Waals surface area contributed by atoms with Gasteiger partial charge in [-0.05, 0) is 46.0 Å². The van der Waals surface area contributed by atoms with E-state index >= 15 is 0 Å². The van der Waals surface area contributed by atoms with Gasteiger partial charge in [-0.1, -0.05) is 38.5 Å². The average molecular weight is 308 g/mol. The molecular formula is C18H32N2O2. The molecule has 0 radical (unpaired) electrons. The van der Waals surface area contributed by atoms with Crippen LogP contribution in [-0.4, -0.2) is 17.4 Å². The van der Waals surface area contributed by atoms with Gasteiger partial charge < -0.3 is 11.1 Å². The van der Waals surface area contributed by atoms with Gasteiger partial charge in [-0.15, -0.1) is 0 Å². The number of hydrogen-bond acceptors (Lipinski definition) is 2. The zero-order valence-electron chi connectivity index (χ0n) is 14.4. The molecule has 2 aliphatic carbocycles. The van der Waals surface area contributed by atoms with E-state index in [1.54, 1.807) is 0 Å². The number of rotatable bonds is 5. The van der Waals surface area contributed by atoms with Crippen LogP contribution in [0.15, 0.2) is 0 Å². The summed E-state index contributed by atoms with van der Waals surface area (Å²) in [4.78, 5) is 25.2. The van der Waals surface area contributed by atoms with Crippen LogP contribution in [-0.2, 0) is 9.59 Å². The summed E-state index contributed by atoms with van der Waals surface area (Å²) in [6, 6.07) is 0. The molecule has 0 aromatic heterocycles. The quantitative estimate of drug-likeness (QED) is 0.819. The topological polar surface area (TPSA) is 72.2 Å². The van der Waals surface area contributed by atoms with E-state index in [1.807, 2.05) is 20.8 Å². The molecule has 4 heteroatoms. The molecule has 0 saturated heterocycles. The maximum atomic E-state index is 12.9. The van der Waals surface area contributed by atoms with Gasteiger partial charge in [0.2, 0.25) is 11.8 Å². The molecule has 3 N–H and O–H groups in total. The minimum absolute atomic E-state index is 0.0279. The summed E-state index contributed by atoms with van der Waals surface area (Å²) in [6.45, 7) is 5.97. The molecule has 2 fully saturated rings. The molecule has 4 nitrogen and oxygen atoms in total. The summed E-state index contributed by atoms with van der Waals surface area (Å²) in [5, 5.41) is 3.10. The lowest BCUT2D eigenvalue weighted by Crippen LogP contribution is -2.52. The summed E-state index contributed by atoms with van der Waals surface area (Å²) < 4.78 is 0. The van der Waals surface area contributed by atoms with Crippen molar-refractivity contribution in [2.24, 2.45) is 23.0 Å². The van der Waals surface area contributed by atoms with Crippen molar-refractivity contribution in [1.82, 2.24) is 5.32 Å². The van der Waals surface area contributed by atoms with Gasteiger partial charge in [0.1, 0.15) is 0 Å². The first-order chi connectivity index (χ1) is 10.2. The van der Waals surface area contributed by atoms with Crippen LogP contribution in [0.1, 0.15) is 78.6 Å². The van der Waals surface area contributed by atoms with Crippen molar-refractivity contribution in [3.8, 4) is 0 Å². The molecule has 1 unspecified atom stereocenters. The Hall–Kier alpha value is -1.06. The highest BCUT2D eigenvalue weighted by atomic mass is 16.2. The Balaban J connectivity index is 2.23. The first kappa shape index (κ1) is 17.3. The van der Waals surface area contributed by atoms with Crippen molar-refractivity contribution in [1.29, 1.82) is 0 Å². The Morgan fingerprint density at radius 3 is 2.14 bits per heavy atom. The Bertz CT molecular complexity index is 413. The fourth-order valence-electron chi connectivity index (χ4n) is 4.39. The molecule has 0 aromatic carbocycles. The van der Waals surface area contributed by atoms with E-state index in [0.717, 1.165) is 32.1 Å². The Morgan fingerprint density at radius 2 is 1.68 bits per heavy atom. The Labute approximate surface area is 134 Å². The van der Waals surface area contributed by atoms with Gasteiger partial charge >= 0.3 is 0 Å². The zero-order chi connectivity index (χ0) is 16.4. The lowest BCUT2D eigenvalue weighted by atomic mass is 9.68. The van der Waals surface area contributed by atoms with Gasteiger partial charge in [0.15, 0.2) is 0 Å². The third-order valence-corrected chi connectivity index (χ3v) is 5.51. The lowest BCUT2D eigenvalue weighted by molar-refractivity contribution is -0.142. The summed E-state index contributed by atoms with van der Waals surface area (Å²) >= 11 is 0. The van der Waals surface area contributed by atoms with Gasteiger partial charge in [-0.3, -0.25) is 9.59 Å². The van der Waals surface area contributed by atoms with E-state index in [2.05, 4.69) is 5.32 Å². The zero-order valence-corrected chi connectivity index (χ0v) is 14.4. The van der Waals surface area contributed by atoms with E-state index in [9.17, 15) is 9.59 Å². The van der Waals surface area contributed by atoms with E-state index in [-0.39, 0.29) is 23.3 Å². The van der Waals surface area contributed by atoms with Crippen LogP contribution in [0.4, 0.5) is 0 Å². The number of carbonyl (C=O) groups is 2. The van der Waals surface area contributed by atoms with Gasteiger partial charge in [0.05, 0.1) is 11.3 Å². The fourth-order valence-corrected chi connectivity index (χ4v) is 4.39. The molecular weight excluding hydrogens is 276 g/mol. The minimum Gasteiger partial charge on any atom is -0.369 e. The van der Waals surface area contributed by atoms with Crippen LogP contribution in [0.5, 0.6) is 0 Å². The molecule has 0 aliphatic heterocycles. The van der Waals surface area contributed by atoms with E-state index in [1.165, 1.54) is 25.7 Å². The Kier molecular flexibility index (Phi) is 5.18. The van der Waals surface area contributed by atoms with Gasteiger partial charge in [0, 0.05) is 5.54 Å². The minimum atomic E-state index is -0.613. The monoisotopic (exact) mass is 308 g/mol. The van der Waals surface area contributed by atoms with Crippen LogP contribution >= 0.6 is 0 Å². The van der Waals surface area contributed by atoms with Crippen molar-refractivity contribution >= 4 is 11.8 Å². The number of primary amides is 1. The third-order valence-electron chi connectivity index (χ3n) is 5.51. The van der Waals surface area contributed by atoms with Crippen LogP contribution in [0.2, 0.25) is 0 Å². The van der Waals surface area contributed by atoms with E-state index in [0.29, 0.717) is 5.92 Å². The maximum absolute atomic E-state index is 12.9. The molecule has 2 amide bonds. The molecule has 2 saturated carbocycles. The highest BCUT2D eigenvalue weighted by molar-refractivity contribution is 5.90. The number of nitrogens with two attached hydrogens (primary N) is 1. The predicted octanol–water partition coefficient (Wildman–Crippen LogP) is 3.14. The second kappa shape index (κ2) is 6.59. The molecule has 0 heterocycles. The highest BCUT2D eigenvalue weighted by Crippen LogP contribution is 2.48. The maximum Gasteiger partial charge on any atom is 0.224 e. The fraction of sp³-hybridized carbons (Fsp3) is 0.889. The summed E-state index contributed by atoms with van der Waals surface area (Å²) in [7, 11) is 0. The van der Waals surface area contributed by atoms with Crippen LogP contribution in [0.25, 0.3) is 0 Å². The first-order valence-electron chi connectivity index (χ1n) is 8.86. The highest BCUT2D eigenvalue weighted by Gasteiger charge is 2.50. The molecule has 2 rings (SSSR count). The summed E-state index contributed by atoms with van der Waals surface area (Å²) in [5.74, 6) is 0.0829. The number of hydrogen-bond donors (Lipinski definition) is 2. The second-order valence-electron chi connectivity index (χ2n) is 8.41. The first-order valence-corrected chi connectivity index (χ1v) is 8.86. The van der Waals surface area contributed by atoms with Crippen LogP contribution in [0, 0.1) is 17.3 Å². The van der Waals surface area contributed by atoms with Crippen molar-refractivity contribution in [3.05, 3.63) is 0 Å². The molecule has 0 spiro atoms. The molecule has 0 bridgehead atoms. The van der Waals surface area contributed by atoms with Crippen molar-refractivity contribution in [2.75, 3.05) is 0 Å². The predicted molar refractivity (Wildman–Crippen MR) is 88.1 cm³/mol.